The summed E-state index contributed by atoms with van der Waals surface area (Å²) < 4.78 is 11.3. The number of aliphatic hydroxyl groups excluding tert-OH is 1. The topological polar surface area (TPSA) is 62.5 Å². The van der Waals surface area contributed by atoms with Crippen molar-refractivity contribution >= 4 is 0 Å². The van der Waals surface area contributed by atoms with Crippen molar-refractivity contribution in [3.63, 3.8) is 0 Å². The van der Waals surface area contributed by atoms with Gasteiger partial charge in [0, 0.05) is 0 Å². The predicted octanol–water partition coefficient (Wildman–Crippen LogP) is 1.76. The number of hydrogen-bond donors (Lipinski definition) is 1. The molecule has 0 bridgehead atoms. The predicted molar refractivity (Wildman–Crippen MR) is 60.8 cm³/mol. The van der Waals surface area contributed by atoms with Gasteiger partial charge in [0.1, 0.15) is 12.2 Å². The van der Waals surface area contributed by atoms with Crippen molar-refractivity contribution in [2.45, 2.75) is 37.9 Å². The first-order valence-corrected chi connectivity index (χ1v) is 5.52. The molecule has 90 valence electrons. The van der Waals surface area contributed by atoms with E-state index in [1.807, 2.05) is 30.3 Å². The molecule has 1 heterocycles. The molecule has 4 heteroatoms. The zero-order chi connectivity index (χ0) is 12.5. The van der Waals surface area contributed by atoms with Crippen molar-refractivity contribution in [3.05, 3.63) is 35.9 Å². The molecule has 0 amide bonds. The van der Waals surface area contributed by atoms with E-state index in [1.165, 1.54) is 0 Å². The lowest BCUT2D eigenvalue weighted by Crippen LogP contribution is -2.30. The van der Waals surface area contributed by atoms with Crippen molar-refractivity contribution in [3.8, 4) is 6.07 Å². The van der Waals surface area contributed by atoms with Gasteiger partial charge in [-0.2, -0.15) is 5.26 Å². The van der Waals surface area contributed by atoms with Crippen LogP contribution in [0.1, 0.15) is 25.5 Å². The van der Waals surface area contributed by atoms with Crippen LogP contribution >= 0.6 is 0 Å². The van der Waals surface area contributed by atoms with Gasteiger partial charge in [-0.15, -0.1) is 0 Å². The second-order valence-electron chi connectivity index (χ2n) is 4.51. The van der Waals surface area contributed by atoms with Crippen LogP contribution in [0.2, 0.25) is 0 Å². The maximum atomic E-state index is 9.66. The van der Waals surface area contributed by atoms with Gasteiger partial charge in [0.25, 0.3) is 0 Å². The summed E-state index contributed by atoms with van der Waals surface area (Å²) in [7, 11) is 0. The molecule has 3 atom stereocenters. The van der Waals surface area contributed by atoms with E-state index >= 15 is 0 Å². The average molecular weight is 233 g/mol. The quantitative estimate of drug-likeness (QED) is 0.791. The lowest BCUT2D eigenvalue weighted by atomic mass is 10.0. The fourth-order valence-electron chi connectivity index (χ4n) is 1.99. The maximum absolute atomic E-state index is 9.66. The summed E-state index contributed by atoms with van der Waals surface area (Å²) in [5.74, 6) is -0.789. The average Bonchev–Trinajstić information content (AvgIpc) is 2.65. The molecule has 4 nitrogen and oxygen atoms in total. The Balaban J connectivity index is 2.29. The Morgan fingerprint density at radius 1 is 1.29 bits per heavy atom. The normalized spacial score (nSPS) is 28.6. The standard InChI is InChI=1S/C13H15NO3/c1-13(2)16-11(9-6-4-3-5-7-9)12(17-13)10(15)8-14/h3-7,10-12,15H,1-2H3/t10-,11+,12-/m1/s1. The molecule has 1 saturated heterocycles. The summed E-state index contributed by atoms with van der Waals surface area (Å²) in [6.45, 7) is 3.54. The first kappa shape index (κ1) is 12.1. The highest BCUT2D eigenvalue weighted by atomic mass is 16.8. The molecule has 1 N–H and O–H groups in total. The van der Waals surface area contributed by atoms with Crippen LogP contribution in [0, 0.1) is 11.3 Å². The van der Waals surface area contributed by atoms with Crippen molar-refractivity contribution < 1.29 is 14.6 Å². The highest BCUT2D eigenvalue weighted by Crippen LogP contribution is 2.39. The largest absolute Gasteiger partial charge is 0.375 e. The lowest BCUT2D eigenvalue weighted by Gasteiger charge is -2.17. The minimum atomic E-state index is -1.19. The zero-order valence-corrected chi connectivity index (χ0v) is 9.83. The number of aliphatic hydroxyl groups is 1. The summed E-state index contributed by atoms with van der Waals surface area (Å²) in [5, 5.41) is 18.5. The van der Waals surface area contributed by atoms with Gasteiger partial charge < -0.3 is 14.6 Å². The van der Waals surface area contributed by atoms with Gasteiger partial charge >= 0.3 is 0 Å². The van der Waals surface area contributed by atoms with Crippen LogP contribution in [-0.4, -0.2) is 23.1 Å². The van der Waals surface area contributed by atoms with Crippen LogP contribution in [0.3, 0.4) is 0 Å². The summed E-state index contributed by atoms with van der Waals surface area (Å²) in [5.41, 5.74) is 0.900. The minimum Gasteiger partial charge on any atom is -0.375 e. The fourth-order valence-corrected chi connectivity index (χ4v) is 1.99. The monoisotopic (exact) mass is 233 g/mol. The summed E-state index contributed by atoms with van der Waals surface area (Å²) in [4.78, 5) is 0. The van der Waals surface area contributed by atoms with Gasteiger partial charge in [-0.25, -0.2) is 0 Å². The number of nitriles is 1. The van der Waals surface area contributed by atoms with Gasteiger partial charge in [-0.1, -0.05) is 30.3 Å². The van der Waals surface area contributed by atoms with Crippen molar-refractivity contribution in [1.82, 2.24) is 0 Å². The van der Waals surface area contributed by atoms with E-state index in [4.69, 9.17) is 14.7 Å². The molecule has 0 saturated carbocycles. The fraction of sp³-hybridized carbons (Fsp3) is 0.462. The smallest absolute Gasteiger partial charge is 0.169 e. The van der Waals surface area contributed by atoms with Crippen molar-refractivity contribution in [2.75, 3.05) is 0 Å². The third-order valence-corrected chi connectivity index (χ3v) is 2.70. The second-order valence-corrected chi connectivity index (χ2v) is 4.51. The number of hydrogen-bond acceptors (Lipinski definition) is 4. The third kappa shape index (κ3) is 2.47. The SMILES string of the molecule is CC1(C)O[C@H]([C@H](O)C#N)[C@H](c2ccccc2)O1. The van der Waals surface area contributed by atoms with E-state index in [1.54, 1.807) is 19.9 Å². The summed E-state index contributed by atoms with van der Waals surface area (Å²) >= 11 is 0. The molecule has 0 aromatic heterocycles. The Morgan fingerprint density at radius 3 is 2.53 bits per heavy atom. The Hall–Kier alpha value is -1.41. The molecule has 1 fully saturated rings. The van der Waals surface area contributed by atoms with Crippen molar-refractivity contribution in [2.24, 2.45) is 0 Å². The maximum Gasteiger partial charge on any atom is 0.169 e. The van der Waals surface area contributed by atoms with Crippen LogP contribution in [0.15, 0.2) is 30.3 Å². The molecular formula is C13H15NO3. The molecular weight excluding hydrogens is 218 g/mol. The van der Waals surface area contributed by atoms with Crippen LogP contribution in [-0.2, 0) is 9.47 Å². The van der Waals surface area contributed by atoms with E-state index in [2.05, 4.69) is 0 Å². The van der Waals surface area contributed by atoms with Gasteiger partial charge in [-0.3, -0.25) is 0 Å². The Labute approximate surface area is 100 Å². The van der Waals surface area contributed by atoms with Crippen molar-refractivity contribution in [1.29, 1.82) is 5.26 Å². The molecule has 2 rings (SSSR count). The highest BCUT2D eigenvalue weighted by molar-refractivity contribution is 5.21. The highest BCUT2D eigenvalue weighted by Gasteiger charge is 2.45. The summed E-state index contributed by atoms with van der Waals surface area (Å²) in [6, 6.07) is 11.3. The molecule has 17 heavy (non-hydrogen) atoms. The molecule has 1 aromatic carbocycles. The van der Waals surface area contributed by atoms with Crippen LogP contribution in [0.25, 0.3) is 0 Å². The van der Waals surface area contributed by atoms with Crippen LogP contribution in [0.5, 0.6) is 0 Å². The zero-order valence-electron chi connectivity index (χ0n) is 9.83. The molecule has 1 aliphatic heterocycles. The van der Waals surface area contributed by atoms with Gasteiger partial charge in [0.2, 0.25) is 0 Å². The van der Waals surface area contributed by atoms with Gasteiger partial charge in [0.15, 0.2) is 11.9 Å². The van der Waals surface area contributed by atoms with E-state index in [-0.39, 0.29) is 0 Å². The first-order valence-electron chi connectivity index (χ1n) is 5.52. The molecule has 0 unspecified atom stereocenters. The molecule has 1 aliphatic rings. The van der Waals surface area contributed by atoms with E-state index < -0.39 is 24.1 Å². The number of rotatable bonds is 2. The Kier molecular flexibility index (Phi) is 3.16. The van der Waals surface area contributed by atoms with Crippen LogP contribution in [0.4, 0.5) is 0 Å². The third-order valence-electron chi connectivity index (χ3n) is 2.70. The number of ether oxygens (including phenoxy) is 2. The van der Waals surface area contributed by atoms with Gasteiger partial charge in [0.05, 0.1) is 6.07 Å². The van der Waals surface area contributed by atoms with E-state index in [0.29, 0.717) is 0 Å². The molecule has 1 aromatic rings. The first-order chi connectivity index (χ1) is 8.03. The minimum absolute atomic E-state index is 0.416. The molecule has 0 aliphatic carbocycles. The Bertz CT molecular complexity index is 424. The molecule has 0 radical (unpaired) electrons. The lowest BCUT2D eigenvalue weighted by molar-refractivity contribution is -0.152. The summed E-state index contributed by atoms with van der Waals surface area (Å²) in [6.07, 6.45) is -2.26. The Morgan fingerprint density at radius 2 is 1.94 bits per heavy atom. The number of benzene rings is 1. The van der Waals surface area contributed by atoms with Crippen LogP contribution < -0.4 is 0 Å². The second kappa shape index (κ2) is 4.46. The number of nitrogens with zero attached hydrogens (tertiary/aromatic N) is 1. The van der Waals surface area contributed by atoms with E-state index in [9.17, 15) is 5.11 Å². The van der Waals surface area contributed by atoms with E-state index in [0.717, 1.165) is 5.56 Å². The van der Waals surface area contributed by atoms with Gasteiger partial charge in [-0.05, 0) is 19.4 Å². The molecule has 0 spiro atoms.